The van der Waals surface area contributed by atoms with Crippen molar-refractivity contribution in [2.75, 3.05) is 14.2 Å². The van der Waals surface area contributed by atoms with Crippen molar-refractivity contribution in [2.24, 2.45) is 0 Å². The molecule has 0 spiro atoms. The lowest BCUT2D eigenvalue weighted by atomic mass is 10.2. The first-order valence-corrected chi connectivity index (χ1v) is 7.77. The number of ether oxygens (including phenoxy) is 2. The van der Waals surface area contributed by atoms with Gasteiger partial charge in [-0.1, -0.05) is 0 Å². The zero-order valence-corrected chi connectivity index (χ0v) is 13.7. The number of nitrogens with one attached hydrogen (secondary N) is 1. The van der Waals surface area contributed by atoms with Gasteiger partial charge in [-0.25, -0.2) is 0 Å². The summed E-state index contributed by atoms with van der Waals surface area (Å²) < 4.78 is 12.4. The SMILES string of the molecule is COc1cc(/C=C\C(=O)NCc2nncn2C2CC2)cc(OC)c1. The van der Waals surface area contributed by atoms with E-state index in [2.05, 4.69) is 15.5 Å². The van der Waals surface area contributed by atoms with Gasteiger partial charge < -0.3 is 19.4 Å². The van der Waals surface area contributed by atoms with Crippen LogP contribution in [0.25, 0.3) is 6.08 Å². The summed E-state index contributed by atoms with van der Waals surface area (Å²) in [5.74, 6) is 1.93. The molecule has 0 bridgehead atoms. The van der Waals surface area contributed by atoms with Crippen LogP contribution in [0.3, 0.4) is 0 Å². The zero-order chi connectivity index (χ0) is 16.9. The molecule has 0 radical (unpaired) electrons. The molecule has 1 saturated carbocycles. The van der Waals surface area contributed by atoms with Gasteiger partial charge in [0.05, 0.1) is 20.8 Å². The third-order valence-electron chi connectivity index (χ3n) is 3.81. The highest BCUT2D eigenvalue weighted by molar-refractivity contribution is 5.91. The van der Waals surface area contributed by atoms with E-state index in [0.717, 1.165) is 24.2 Å². The number of carbonyl (C=O) groups excluding carboxylic acids is 1. The van der Waals surface area contributed by atoms with Crippen molar-refractivity contribution >= 4 is 12.0 Å². The van der Waals surface area contributed by atoms with Crippen molar-refractivity contribution in [3.8, 4) is 11.5 Å². The van der Waals surface area contributed by atoms with Crippen LogP contribution in [-0.4, -0.2) is 34.9 Å². The number of nitrogens with zero attached hydrogens (tertiary/aromatic N) is 3. The first kappa shape index (κ1) is 16.0. The first-order valence-electron chi connectivity index (χ1n) is 7.77. The Bertz CT molecular complexity index is 728. The summed E-state index contributed by atoms with van der Waals surface area (Å²) in [5.41, 5.74) is 0.822. The second-order valence-corrected chi connectivity index (χ2v) is 5.58. The van der Waals surface area contributed by atoms with E-state index >= 15 is 0 Å². The summed E-state index contributed by atoms with van der Waals surface area (Å²) in [6.07, 6.45) is 7.21. The van der Waals surface area contributed by atoms with E-state index in [1.807, 2.05) is 16.7 Å². The highest BCUT2D eigenvalue weighted by Gasteiger charge is 2.25. The largest absolute Gasteiger partial charge is 0.497 e. The lowest BCUT2D eigenvalue weighted by Gasteiger charge is -2.06. The number of amides is 1. The Labute approximate surface area is 140 Å². The normalized spacial score (nSPS) is 13.9. The zero-order valence-electron chi connectivity index (χ0n) is 13.7. The molecule has 126 valence electrons. The molecule has 0 unspecified atom stereocenters. The van der Waals surface area contributed by atoms with Crippen molar-refractivity contribution in [1.29, 1.82) is 0 Å². The number of carbonyl (C=O) groups is 1. The Balaban J connectivity index is 1.60. The van der Waals surface area contributed by atoms with Crippen LogP contribution in [0.4, 0.5) is 0 Å². The van der Waals surface area contributed by atoms with Crippen molar-refractivity contribution < 1.29 is 14.3 Å². The van der Waals surface area contributed by atoms with Gasteiger partial charge in [0, 0.05) is 18.2 Å². The maximum absolute atomic E-state index is 12.0. The minimum atomic E-state index is -0.192. The van der Waals surface area contributed by atoms with Gasteiger partial charge in [-0.05, 0) is 36.6 Å². The molecule has 2 aromatic rings. The minimum absolute atomic E-state index is 0.192. The second-order valence-electron chi connectivity index (χ2n) is 5.58. The quantitative estimate of drug-likeness (QED) is 0.786. The number of rotatable bonds is 7. The van der Waals surface area contributed by atoms with E-state index in [4.69, 9.17) is 9.47 Å². The van der Waals surface area contributed by atoms with Crippen molar-refractivity contribution in [3.05, 3.63) is 42.0 Å². The molecule has 1 aromatic heterocycles. The van der Waals surface area contributed by atoms with Crippen LogP contribution in [0.15, 0.2) is 30.6 Å². The van der Waals surface area contributed by atoms with Crippen LogP contribution >= 0.6 is 0 Å². The summed E-state index contributed by atoms with van der Waals surface area (Å²) in [7, 11) is 3.18. The molecule has 1 aromatic carbocycles. The summed E-state index contributed by atoms with van der Waals surface area (Å²) in [6, 6.07) is 5.93. The van der Waals surface area contributed by atoms with Gasteiger partial charge in [0.1, 0.15) is 17.8 Å². The lowest BCUT2D eigenvalue weighted by Crippen LogP contribution is -2.22. The molecule has 1 N–H and O–H groups in total. The second kappa shape index (κ2) is 7.16. The predicted octanol–water partition coefficient (Wildman–Crippen LogP) is 1.96. The monoisotopic (exact) mass is 328 g/mol. The molecule has 3 rings (SSSR count). The maximum atomic E-state index is 12.0. The smallest absolute Gasteiger partial charge is 0.244 e. The van der Waals surface area contributed by atoms with E-state index < -0.39 is 0 Å². The van der Waals surface area contributed by atoms with E-state index in [9.17, 15) is 4.79 Å². The number of benzene rings is 1. The van der Waals surface area contributed by atoms with Gasteiger partial charge in [-0.15, -0.1) is 10.2 Å². The summed E-state index contributed by atoms with van der Waals surface area (Å²) in [4.78, 5) is 12.0. The van der Waals surface area contributed by atoms with Crippen LogP contribution < -0.4 is 14.8 Å². The van der Waals surface area contributed by atoms with Crippen LogP contribution in [0.2, 0.25) is 0 Å². The third-order valence-corrected chi connectivity index (χ3v) is 3.81. The fraction of sp³-hybridized carbons (Fsp3) is 0.353. The van der Waals surface area contributed by atoms with Crippen molar-refractivity contribution in [2.45, 2.75) is 25.4 Å². The maximum Gasteiger partial charge on any atom is 0.244 e. The molecule has 1 heterocycles. The summed E-state index contributed by atoms with van der Waals surface area (Å²) in [5, 5.41) is 10.8. The lowest BCUT2D eigenvalue weighted by molar-refractivity contribution is -0.116. The molecule has 0 aliphatic heterocycles. The molecule has 1 fully saturated rings. The van der Waals surface area contributed by atoms with Gasteiger partial charge in [-0.2, -0.15) is 0 Å². The molecular weight excluding hydrogens is 308 g/mol. The molecular formula is C17H20N4O3. The number of aromatic nitrogens is 3. The van der Waals surface area contributed by atoms with E-state index in [1.54, 1.807) is 32.7 Å². The Kier molecular flexibility index (Phi) is 4.79. The van der Waals surface area contributed by atoms with Crippen LogP contribution in [0.5, 0.6) is 11.5 Å². The molecule has 24 heavy (non-hydrogen) atoms. The minimum Gasteiger partial charge on any atom is -0.497 e. The first-order chi connectivity index (χ1) is 11.7. The molecule has 1 amide bonds. The van der Waals surface area contributed by atoms with Gasteiger partial charge in [0.25, 0.3) is 0 Å². The molecule has 0 atom stereocenters. The summed E-state index contributed by atoms with van der Waals surface area (Å²) >= 11 is 0. The van der Waals surface area contributed by atoms with Gasteiger partial charge in [-0.3, -0.25) is 4.79 Å². The Morgan fingerprint density at radius 1 is 1.29 bits per heavy atom. The van der Waals surface area contributed by atoms with Crippen LogP contribution in [-0.2, 0) is 11.3 Å². The number of methoxy groups -OCH3 is 2. The molecule has 1 aliphatic carbocycles. The Hall–Kier alpha value is -2.83. The van der Waals surface area contributed by atoms with Gasteiger partial charge in [0.15, 0.2) is 5.82 Å². The average molecular weight is 328 g/mol. The Morgan fingerprint density at radius 3 is 2.62 bits per heavy atom. The molecule has 1 aliphatic rings. The van der Waals surface area contributed by atoms with E-state index in [0.29, 0.717) is 24.1 Å². The van der Waals surface area contributed by atoms with Gasteiger partial charge >= 0.3 is 0 Å². The topological polar surface area (TPSA) is 78.3 Å². The van der Waals surface area contributed by atoms with Crippen molar-refractivity contribution in [3.63, 3.8) is 0 Å². The molecule has 7 heteroatoms. The highest BCUT2D eigenvalue weighted by Crippen LogP contribution is 2.35. The van der Waals surface area contributed by atoms with E-state index in [1.165, 1.54) is 6.08 Å². The Morgan fingerprint density at radius 2 is 2.00 bits per heavy atom. The number of hydrogen-bond donors (Lipinski definition) is 1. The van der Waals surface area contributed by atoms with Crippen molar-refractivity contribution in [1.82, 2.24) is 20.1 Å². The van der Waals surface area contributed by atoms with Gasteiger partial charge in [0.2, 0.25) is 5.91 Å². The van der Waals surface area contributed by atoms with Crippen LogP contribution in [0.1, 0.15) is 30.3 Å². The third kappa shape index (κ3) is 3.92. The van der Waals surface area contributed by atoms with Crippen LogP contribution in [0, 0.1) is 0 Å². The predicted molar refractivity (Wildman–Crippen MR) is 88.7 cm³/mol. The average Bonchev–Trinajstić information content (AvgIpc) is 3.35. The van der Waals surface area contributed by atoms with E-state index in [-0.39, 0.29) is 5.91 Å². The fourth-order valence-electron chi connectivity index (χ4n) is 2.37. The molecule has 7 nitrogen and oxygen atoms in total. The fourth-order valence-corrected chi connectivity index (χ4v) is 2.37. The highest BCUT2D eigenvalue weighted by atomic mass is 16.5. The molecule has 0 saturated heterocycles. The number of hydrogen-bond acceptors (Lipinski definition) is 5. The standard InChI is InChI=1S/C17H20N4O3/c1-23-14-7-12(8-15(9-14)24-2)3-6-17(22)18-10-16-20-19-11-21(16)13-4-5-13/h3,6-9,11,13H,4-5,10H2,1-2H3,(H,18,22)/b6-3-. The summed E-state index contributed by atoms with van der Waals surface area (Å²) in [6.45, 7) is 0.362.